The highest BCUT2D eigenvalue weighted by atomic mass is 35.5. The molecule has 3 aromatic carbocycles. The largest absolute Gasteiger partial charge is 0.378 e. The third-order valence-corrected chi connectivity index (χ3v) is 8.33. The summed E-state index contributed by atoms with van der Waals surface area (Å²) in [6.07, 6.45) is 5.36. The molecule has 0 saturated carbocycles. The molecular formula is C27H27ClN2O2S. The standard InChI is InChI=1S/C27H27ClN2O2S/c1-17(2)18-8-12-21(13-9-18)30-33(31,32)22-14-15-26-25(16-22)23-4-3-5-24(23)27(29-26)19-6-10-20(28)11-7-19/h3-4,6-17,23-24,27,29-30H,5H2,1-2H3/t23-,24+,27+/m0/s1. The molecule has 2 N–H and O–H groups in total. The van der Waals surface area contributed by atoms with Crippen LogP contribution in [0, 0.1) is 5.92 Å². The van der Waals surface area contributed by atoms with Crippen LogP contribution in [-0.4, -0.2) is 8.42 Å². The normalized spacial score (nSPS) is 21.4. The number of halogens is 1. The number of hydrogen-bond donors (Lipinski definition) is 2. The molecule has 6 heteroatoms. The van der Waals surface area contributed by atoms with Gasteiger partial charge in [0.15, 0.2) is 0 Å². The Hall–Kier alpha value is -2.76. The monoisotopic (exact) mass is 478 g/mol. The highest BCUT2D eigenvalue weighted by Crippen LogP contribution is 2.50. The van der Waals surface area contributed by atoms with Crippen molar-refractivity contribution >= 4 is 33.0 Å². The molecule has 3 atom stereocenters. The van der Waals surface area contributed by atoms with Gasteiger partial charge in [-0.25, -0.2) is 8.42 Å². The van der Waals surface area contributed by atoms with Crippen LogP contribution >= 0.6 is 11.6 Å². The molecule has 0 unspecified atom stereocenters. The first kappa shape index (κ1) is 22.1. The summed E-state index contributed by atoms with van der Waals surface area (Å²) in [7, 11) is -3.70. The average molecular weight is 479 g/mol. The summed E-state index contributed by atoms with van der Waals surface area (Å²) < 4.78 is 29.0. The van der Waals surface area contributed by atoms with Gasteiger partial charge in [-0.1, -0.05) is 61.9 Å². The molecule has 0 radical (unpaired) electrons. The molecule has 0 spiro atoms. The zero-order valence-corrected chi connectivity index (χ0v) is 20.2. The van der Waals surface area contributed by atoms with Gasteiger partial charge in [-0.2, -0.15) is 0 Å². The summed E-state index contributed by atoms with van der Waals surface area (Å²) in [5.74, 6) is 0.892. The number of nitrogens with one attached hydrogen (secondary N) is 2. The molecule has 170 valence electrons. The van der Waals surface area contributed by atoms with E-state index in [0.717, 1.165) is 22.7 Å². The Labute approximate surface area is 200 Å². The zero-order valence-electron chi connectivity index (χ0n) is 18.6. The Morgan fingerprint density at radius 3 is 2.42 bits per heavy atom. The van der Waals surface area contributed by atoms with E-state index in [1.807, 2.05) is 48.5 Å². The minimum Gasteiger partial charge on any atom is -0.378 e. The van der Waals surface area contributed by atoms with Crippen molar-refractivity contribution < 1.29 is 8.42 Å². The summed E-state index contributed by atoms with van der Waals surface area (Å²) in [6, 6.07) is 21.1. The minimum atomic E-state index is -3.70. The van der Waals surface area contributed by atoms with E-state index in [0.29, 0.717) is 17.5 Å². The first-order chi connectivity index (χ1) is 15.8. The van der Waals surface area contributed by atoms with Crippen molar-refractivity contribution in [3.8, 4) is 0 Å². The van der Waals surface area contributed by atoms with Gasteiger partial charge >= 0.3 is 0 Å². The van der Waals surface area contributed by atoms with Crippen molar-refractivity contribution in [3.63, 3.8) is 0 Å². The summed E-state index contributed by atoms with van der Waals surface area (Å²) in [4.78, 5) is 0.278. The second kappa shape index (κ2) is 8.54. The van der Waals surface area contributed by atoms with Crippen LogP contribution in [0.2, 0.25) is 5.02 Å². The van der Waals surface area contributed by atoms with Crippen LogP contribution in [0.15, 0.2) is 83.8 Å². The molecule has 0 bridgehead atoms. The second-order valence-electron chi connectivity index (χ2n) is 9.16. The number of sulfonamides is 1. The maximum atomic E-state index is 13.2. The highest BCUT2D eigenvalue weighted by Gasteiger charge is 2.38. The molecular weight excluding hydrogens is 452 g/mol. The number of allylic oxidation sites excluding steroid dienone is 2. The van der Waals surface area contributed by atoms with Gasteiger partial charge in [0, 0.05) is 22.3 Å². The Balaban J connectivity index is 1.44. The molecule has 0 saturated heterocycles. The van der Waals surface area contributed by atoms with E-state index < -0.39 is 10.0 Å². The maximum absolute atomic E-state index is 13.2. The molecule has 1 aliphatic carbocycles. The lowest BCUT2D eigenvalue weighted by atomic mass is 9.77. The maximum Gasteiger partial charge on any atom is 0.261 e. The molecule has 3 aromatic rings. The van der Waals surface area contributed by atoms with Gasteiger partial charge in [0.25, 0.3) is 10.0 Å². The van der Waals surface area contributed by atoms with Crippen LogP contribution in [0.3, 0.4) is 0 Å². The topological polar surface area (TPSA) is 58.2 Å². The van der Waals surface area contributed by atoms with Crippen molar-refractivity contribution in [2.45, 2.75) is 43.0 Å². The fourth-order valence-electron chi connectivity index (χ4n) is 4.89. The van der Waals surface area contributed by atoms with E-state index in [1.165, 1.54) is 11.1 Å². The number of anilines is 2. The molecule has 1 heterocycles. The van der Waals surface area contributed by atoms with Crippen molar-refractivity contribution in [3.05, 3.63) is 101 Å². The lowest BCUT2D eigenvalue weighted by Gasteiger charge is -2.37. The predicted molar refractivity (Wildman–Crippen MR) is 136 cm³/mol. The Kier molecular flexibility index (Phi) is 5.71. The van der Waals surface area contributed by atoms with Gasteiger partial charge in [0.1, 0.15) is 0 Å². The molecule has 33 heavy (non-hydrogen) atoms. The van der Waals surface area contributed by atoms with E-state index in [2.05, 4.69) is 48.2 Å². The number of hydrogen-bond acceptors (Lipinski definition) is 3. The van der Waals surface area contributed by atoms with Crippen LogP contribution < -0.4 is 10.0 Å². The fraction of sp³-hybridized carbons (Fsp3) is 0.259. The van der Waals surface area contributed by atoms with E-state index in [4.69, 9.17) is 11.6 Å². The number of benzene rings is 3. The van der Waals surface area contributed by atoms with E-state index >= 15 is 0 Å². The summed E-state index contributed by atoms with van der Waals surface area (Å²) in [6.45, 7) is 4.23. The smallest absolute Gasteiger partial charge is 0.261 e. The second-order valence-corrected chi connectivity index (χ2v) is 11.3. The quantitative estimate of drug-likeness (QED) is 0.385. The van der Waals surface area contributed by atoms with Crippen molar-refractivity contribution in [1.82, 2.24) is 0 Å². The number of fused-ring (bicyclic) bond motifs is 3. The van der Waals surface area contributed by atoms with Crippen LogP contribution in [0.5, 0.6) is 0 Å². The van der Waals surface area contributed by atoms with Gasteiger partial charge < -0.3 is 5.32 Å². The Morgan fingerprint density at radius 2 is 1.73 bits per heavy atom. The van der Waals surface area contributed by atoms with Gasteiger partial charge in [0.05, 0.1) is 10.9 Å². The van der Waals surface area contributed by atoms with Gasteiger partial charge in [0.2, 0.25) is 0 Å². The van der Waals surface area contributed by atoms with Gasteiger partial charge in [-0.05, 0) is 77.4 Å². The summed E-state index contributed by atoms with van der Waals surface area (Å²) in [5.41, 5.74) is 4.93. The molecule has 0 fully saturated rings. The third kappa shape index (κ3) is 4.28. The van der Waals surface area contributed by atoms with Crippen LogP contribution in [0.25, 0.3) is 0 Å². The molecule has 4 nitrogen and oxygen atoms in total. The lowest BCUT2D eigenvalue weighted by Crippen LogP contribution is -2.29. The predicted octanol–water partition coefficient (Wildman–Crippen LogP) is 7.09. The third-order valence-electron chi connectivity index (χ3n) is 6.70. The first-order valence-corrected chi connectivity index (χ1v) is 13.1. The highest BCUT2D eigenvalue weighted by molar-refractivity contribution is 7.92. The Bertz CT molecular complexity index is 1300. The fourth-order valence-corrected chi connectivity index (χ4v) is 6.11. The van der Waals surface area contributed by atoms with Gasteiger partial charge in [-0.15, -0.1) is 0 Å². The van der Waals surface area contributed by atoms with Gasteiger partial charge in [-0.3, -0.25) is 4.72 Å². The van der Waals surface area contributed by atoms with Crippen molar-refractivity contribution in [2.75, 3.05) is 10.0 Å². The average Bonchev–Trinajstić information content (AvgIpc) is 3.29. The molecule has 2 aliphatic rings. The SMILES string of the molecule is CC(C)c1ccc(NS(=O)(=O)c2ccc3c(c2)[C@H]2C=CC[C@H]2[C@@H](c2ccc(Cl)cc2)N3)cc1. The minimum absolute atomic E-state index is 0.148. The van der Waals surface area contributed by atoms with Crippen LogP contribution in [0.4, 0.5) is 11.4 Å². The molecule has 0 amide bonds. The van der Waals surface area contributed by atoms with E-state index in [-0.39, 0.29) is 16.9 Å². The summed E-state index contributed by atoms with van der Waals surface area (Å²) in [5, 5.41) is 4.37. The van der Waals surface area contributed by atoms with E-state index in [1.54, 1.807) is 6.07 Å². The van der Waals surface area contributed by atoms with Crippen molar-refractivity contribution in [1.29, 1.82) is 0 Å². The first-order valence-electron chi connectivity index (χ1n) is 11.3. The molecule has 0 aromatic heterocycles. The number of rotatable bonds is 5. The summed E-state index contributed by atoms with van der Waals surface area (Å²) >= 11 is 6.09. The van der Waals surface area contributed by atoms with Crippen molar-refractivity contribution in [2.24, 2.45) is 5.92 Å². The van der Waals surface area contributed by atoms with Crippen LogP contribution in [-0.2, 0) is 10.0 Å². The van der Waals surface area contributed by atoms with E-state index in [9.17, 15) is 8.42 Å². The zero-order chi connectivity index (χ0) is 23.2. The molecule has 5 rings (SSSR count). The van der Waals surface area contributed by atoms with Crippen LogP contribution in [0.1, 0.15) is 54.8 Å². The lowest BCUT2D eigenvalue weighted by molar-refractivity contribution is 0.425. The molecule has 1 aliphatic heterocycles. The Morgan fingerprint density at radius 1 is 1.00 bits per heavy atom.